The number of benzene rings is 4. The Balaban J connectivity index is 1.25. The monoisotopic (exact) mass is 664 g/mol. The maximum atomic E-state index is 15.2. The molecule has 0 aliphatic carbocycles. The normalized spacial score (nSPS) is 16.8. The van der Waals surface area contributed by atoms with Crippen molar-refractivity contribution in [3.63, 3.8) is 0 Å². The lowest BCUT2D eigenvalue weighted by molar-refractivity contribution is -0.206. The molecule has 0 unspecified atom stereocenters. The lowest BCUT2D eigenvalue weighted by Gasteiger charge is -2.29. The largest absolute Gasteiger partial charge is 0.432 e. The summed E-state index contributed by atoms with van der Waals surface area (Å²) in [6.07, 6.45) is 1.84. The predicted molar refractivity (Wildman–Crippen MR) is 160 cm³/mol. The zero-order valence-corrected chi connectivity index (χ0v) is 25.4. The van der Waals surface area contributed by atoms with Crippen molar-refractivity contribution in [2.24, 2.45) is 5.92 Å². The van der Waals surface area contributed by atoms with Gasteiger partial charge in [0, 0.05) is 29.2 Å². The second-order valence-corrected chi connectivity index (χ2v) is 11.5. The summed E-state index contributed by atoms with van der Waals surface area (Å²) in [5.74, 6) is -11.0. The molecule has 0 spiro atoms. The summed E-state index contributed by atoms with van der Waals surface area (Å²) in [7, 11) is 0. The van der Waals surface area contributed by atoms with Gasteiger partial charge < -0.3 is 14.2 Å². The molecular weight excluding hydrogens is 632 g/mol. The summed E-state index contributed by atoms with van der Waals surface area (Å²) in [6.45, 7) is 3.40. The number of unbranched alkanes of at least 4 members (excludes halogenated alkanes) is 4. The molecule has 1 saturated heterocycles. The highest BCUT2D eigenvalue weighted by Crippen LogP contribution is 2.39. The van der Waals surface area contributed by atoms with Gasteiger partial charge in [-0.3, -0.25) is 0 Å². The van der Waals surface area contributed by atoms with Crippen molar-refractivity contribution in [3.05, 3.63) is 113 Å². The van der Waals surface area contributed by atoms with Crippen LogP contribution in [0.25, 0.3) is 22.3 Å². The van der Waals surface area contributed by atoms with Crippen LogP contribution in [0.1, 0.15) is 62.9 Å². The molecule has 5 rings (SSSR count). The van der Waals surface area contributed by atoms with Crippen molar-refractivity contribution < 1.29 is 49.3 Å². The second kappa shape index (κ2) is 14.9. The SMILES string of the molecule is CCCCCCCC1COC(c2ccc(-c3ccc(-c4cc(F)c(C(F)(F)Oc5cc(F)c(F)c(F)c5)c(F)c4)c(F)c3)cc2)OC1. The molecule has 250 valence electrons. The van der Waals surface area contributed by atoms with E-state index in [9.17, 15) is 30.7 Å². The van der Waals surface area contributed by atoms with E-state index in [0.717, 1.165) is 24.5 Å². The van der Waals surface area contributed by atoms with Crippen molar-refractivity contribution in [1.29, 1.82) is 0 Å². The van der Waals surface area contributed by atoms with Gasteiger partial charge in [-0.15, -0.1) is 0 Å². The van der Waals surface area contributed by atoms with Crippen LogP contribution in [-0.2, 0) is 15.6 Å². The molecule has 0 amide bonds. The molecule has 0 radical (unpaired) electrons. The van der Waals surface area contributed by atoms with Gasteiger partial charge in [0.25, 0.3) is 0 Å². The zero-order chi connectivity index (χ0) is 33.7. The number of rotatable bonds is 12. The van der Waals surface area contributed by atoms with E-state index in [0.29, 0.717) is 42.4 Å². The third-order valence-corrected chi connectivity index (χ3v) is 8.02. The Kier molecular flexibility index (Phi) is 10.9. The molecule has 1 aliphatic heterocycles. The second-order valence-electron chi connectivity index (χ2n) is 11.5. The Morgan fingerprint density at radius 3 is 1.83 bits per heavy atom. The number of hydrogen-bond donors (Lipinski definition) is 0. The van der Waals surface area contributed by atoms with E-state index in [2.05, 4.69) is 11.7 Å². The molecule has 4 aromatic rings. The molecule has 4 aromatic carbocycles. The Hall–Kier alpha value is -3.96. The van der Waals surface area contributed by atoms with Crippen LogP contribution >= 0.6 is 0 Å². The molecule has 0 atom stereocenters. The number of ether oxygens (including phenoxy) is 3. The molecule has 1 heterocycles. The van der Waals surface area contributed by atoms with Crippen LogP contribution < -0.4 is 4.74 Å². The molecular formula is C36H32F8O3. The zero-order valence-electron chi connectivity index (χ0n) is 25.4. The minimum atomic E-state index is -4.76. The molecule has 1 aliphatic rings. The summed E-state index contributed by atoms with van der Waals surface area (Å²) < 4.78 is 130. The van der Waals surface area contributed by atoms with Crippen LogP contribution in [0.4, 0.5) is 35.1 Å². The van der Waals surface area contributed by atoms with E-state index in [1.54, 1.807) is 24.3 Å². The highest BCUT2D eigenvalue weighted by atomic mass is 19.3. The maximum Gasteiger partial charge on any atom is 0.432 e. The summed E-state index contributed by atoms with van der Waals surface area (Å²) in [4.78, 5) is 0. The molecule has 3 nitrogen and oxygen atoms in total. The lowest BCUT2D eigenvalue weighted by Crippen LogP contribution is -2.27. The van der Waals surface area contributed by atoms with Crippen LogP contribution in [0.5, 0.6) is 5.75 Å². The smallest absolute Gasteiger partial charge is 0.429 e. The first-order valence-electron chi connectivity index (χ1n) is 15.3. The summed E-state index contributed by atoms with van der Waals surface area (Å²) in [5.41, 5.74) is -0.656. The molecule has 0 saturated carbocycles. The summed E-state index contributed by atoms with van der Waals surface area (Å²) >= 11 is 0. The van der Waals surface area contributed by atoms with Crippen LogP contribution in [0, 0.1) is 40.8 Å². The van der Waals surface area contributed by atoms with Gasteiger partial charge in [0.05, 0.1) is 13.2 Å². The van der Waals surface area contributed by atoms with E-state index in [4.69, 9.17) is 9.47 Å². The van der Waals surface area contributed by atoms with Crippen molar-refractivity contribution in [1.82, 2.24) is 0 Å². The van der Waals surface area contributed by atoms with E-state index < -0.39 is 58.6 Å². The minimum absolute atomic E-state index is 0.102. The molecule has 0 N–H and O–H groups in total. The van der Waals surface area contributed by atoms with Gasteiger partial charge in [-0.05, 0) is 41.3 Å². The fraction of sp³-hybridized carbons (Fsp3) is 0.333. The van der Waals surface area contributed by atoms with E-state index >= 15 is 4.39 Å². The fourth-order valence-corrected chi connectivity index (χ4v) is 5.50. The van der Waals surface area contributed by atoms with Crippen molar-refractivity contribution >= 4 is 0 Å². The first kappa shape index (κ1) is 34.4. The fourth-order valence-electron chi connectivity index (χ4n) is 5.50. The van der Waals surface area contributed by atoms with Crippen LogP contribution in [0.2, 0.25) is 0 Å². The molecule has 47 heavy (non-hydrogen) atoms. The van der Waals surface area contributed by atoms with Crippen molar-refractivity contribution in [2.45, 2.75) is 57.8 Å². The van der Waals surface area contributed by atoms with Gasteiger partial charge in [-0.2, -0.15) is 8.78 Å². The van der Waals surface area contributed by atoms with Gasteiger partial charge in [0.15, 0.2) is 23.7 Å². The van der Waals surface area contributed by atoms with Gasteiger partial charge >= 0.3 is 6.11 Å². The summed E-state index contributed by atoms with van der Waals surface area (Å²) in [6, 6.07) is 12.2. The van der Waals surface area contributed by atoms with Crippen molar-refractivity contribution in [3.8, 4) is 28.0 Å². The van der Waals surface area contributed by atoms with Crippen LogP contribution in [0.15, 0.2) is 66.7 Å². The topological polar surface area (TPSA) is 27.7 Å². The number of alkyl halides is 2. The molecule has 0 aromatic heterocycles. The van der Waals surface area contributed by atoms with Gasteiger partial charge in [-0.25, -0.2) is 26.3 Å². The number of halogens is 8. The molecule has 0 bridgehead atoms. The molecule has 1 fully saturated rings. The van der Waals surface area contributed by atoms with Gasteiger partial charge in [0.2, 0.25) is 0 Å². The first-order valence-corrected chi connectivity index (χ1v) is 15.3. The Bertz CT molecular complexity index is 1640. The van der Waals surface area contributed by atoms with Crippen LogP contribution in [0.3, 0.4) is 0 Å². The summed E-state index contributed by atoms with van der Waals surface area (Å²) in [5, 5.41) is 0. The van der Waals surface area contributed by atoms with E-state index in [1.807, 2.05) is 0 Å². The number of hydrogen-bond acceptors (Lipinski definition) is 3. The van der Waals surface area contributed by atoms with Crippen LogP contribution in [-0.4, -0.2) is 13.2 Å². The third kappa shape index (κ3) is 8.13. The molecule has 11 heteroatoms. The Morgan fingerprint density at radius 1 is 0.660 bits per heavy atom. The minimum Gasteiger partial charge on any atom is -0.429 e. The highest BCUT2D eigenvalue weighted by Gasteiger charge is 2.41. The van der Waals surface area contributed by atoms with E-state index in [-0.39, 0.29) is 23.3 Å². The highest BCUT2D eigenvalue weighted by molar-refractivity contribution is 5.71. The van der Waals surface area contributed by atoms with Gasteiger partial charge in [0.1, 0.15) is 28.8 Å². The maximum absolute atomic E-state index is 15.2. The Labute approximate surface area is 267 Å². The standard InChI is InChI=1S/C36H32F8O3/c1-2-3-4-5-6-7-21-19-45-35(46-20-21)23-10-8-22(9-11-23)24-12-13-27(28(37)14-24)25-15-29(38)33(30(39)16-25)36(43,44)47-26-17-31(40)34(42)32(41)18-26/h8-18,21,35H,2-7,19-20H2,1H3. The van der Waals surface area contributed by atoms with E-state index in [1.165, 1.54) is 37.8 Å². The first-order chi connectivity index (χ1) is 22.5. The average Bonchev–Trinajstić information content (AvgIpc) is 3.03. The van der Waals surface area contributed by atoms with Gasteiger partial charge in [-0.1, -0.05) is 75.4 Å². The predicted octanol–water partition coefficient (Wildman–Crippen LogP) is 11.0. The Morgan fingerprint density at radius 2 is 1.23 bits per heavy atom. The third-order valence-electron chi connectivity index (χ3n) is 8.02. The quantitative estimate of drug-likeness (QED) is 0.0857. The van der Waals surface area contributed by atoms with Crippen molar-refractivity contribution in [2.75, 3.05) is 13.2 Å². The average molecular weight is 665 g/mol. The lowest BCUT2D eigenvalue weighted by atomic mass is 9.97.